The van der Waals surface area contributed by atoms with Crippen molar-refractivity contribution in [2.75, 3.05) is 14.2 Å². The van der Waals surface area contributed by atoms with Crippen molar-refractivity contribution < 1.29 is 22.7 Å². The monoisotopic (exact) mass is 458 g/mol. The number of benzene rings is 2. The van der Waals surface area contributed by atoms with Gasteiger partial charge < -0.3 is 14.8 Å². The van der Waals surface area contributed by atoms with E-state index < -0.39 is 16.1 Å². The van der Waals surface area contributed by atoms with E-state index in [1.54, 1.807) is 6.07 Å². The number of hydrogen-bond acceptors (Lipinski definition) is 5. The third kappa shape index (κ3) is 4.47. The van der Waals surface area contributed by atoms with Gasteiger partial charge in [-0.3, -0.25) is 4.79 Å². The summed E-state index contributed by atoms with van der Waals surface area (Å²) in [6, 6.07) is 11.5. The van der Waals surface area contributed by atoms with Gasteiger partial charge in [0, 0.05) is 18.7 Å². The van der Waals surface area contributed by atoms with E-state index in [4.69, 9.17) is 9.47 Å². The highest BCUT2D eigenvalue weighted by molar-refractivity contribution is 7.89. The quantitative estimate of drug-likeness (QED) is 0.718. The highest BCUT2D eigenvalue weighted by Gasteiger charge is 2.40. The number of nitrogens with zero attached hydrogens (tertiary/aromatic N) is 1. The minimum Gasteiger partial charge on any atom is -0.493 e. The molecule has 2 aliphatic rings. The zero-order chi connectivity index (χ0) is 22.7. The molecular formula is C24H30N2O5S. The van der Waals surface area contributed by atoms with E-state index in [0.717, 1.165) is 36.8 Å². The largest absolute Gasteiger partial charge is 0.493 e. The molecule has 1 unspecified atom stereocenters. The van der Waals surface area contributed by atoms with Gasteiger partial charge in [-0.25, -0.2) is 8.42 Å². The Morgan fingerprint density at radius 1 is 0.969 bits per heavy atom. The Hall–Kier alpha value is -2.58. The summed E-state index contributed by atoms with van der Waals surface area (Å²) in [7, 11) is -0.997. The van der Waals surface area contributed by atoms with E-state index in [-0.39, 0.29) is 23.4 Å². The van der Waals surface area contributed by atoms with Crippen molar-refractivity contribution in [2.45, 2.75) is 62.0 Å². The predicted molar refractivity (Wildman–Crippen MR) is 121 cm³/mol. The maximum atomic E-state index is 13.7. The second-order valence-electron chi connectivity index (χ2n) is 8.40. The molecule has 2 aromatic carbocycles. The van der Waals surface area contributed by atoms with Gasteiger partial charge in [-0.2, -0.15) is 4.31 Å². The average molecular weight is 459 g/mol. The lowest BCUT2D eigenvalue weighted by atomic mass is 9.93. The van der Waals surface area contributed by atoms with Gasteiger partial charge in [0.25, 0.3) is 0 Å². The molecule has 1 amide bonds. The van der Waals surface area contributed by atoms with E-state index in [1.807, 2.05) is 24.3 Å². The summed E-state index contributed by atoms with van der Waals surface area (Å²) in [5.74, 6) is 0.548. The number of ether oxygens (including phenoxy) is 2. The van der Waals surface area contributed by atoms with Crippen LogP contribution in [0.1, 0.15) is 43.2 Å². The molecule has 172 valence electrons. The summed E-state index contributed by atoms with van der Waals surface area (Å²) in [4.78, 5) is 13.4. The summed E-state index contributed by atoms with van der Waals surface area (Å²) in [6.07, 6.45) is 5.59. The van der Waals surface area contributed by atoms with Crippen molar-refractivity contribution in [3.05, 3.63) is 53.6 Å². The first-order valence-electron chi connectivity index (χ1n) is 11.0. The van der Waals surface area contributed by atoms with Crippen LogP contribution in [0.25, 0.3) is 0 Å². The maximum Gasteiger partial charge on any atom is 0.244 e. The first-order chi connectivity index (χ1) is 15.4. The van der Waals surface area contributed by atoms with Crippen LogP contribution in [-0.2, 0) is 27.8 Å². The third-order valence-corrected chi connectivity index (χ3v) is 8.27. The van der Waals surface area contributed by atoms with Gasteiger partial charge in [-0.15, -0.1) is 0 Å². The standard InChI is InChI=1S/C24H30N2O5S/c1-30-22-13-12-20(15-23(22)31-2)32(28,29)26-16-18-9-7-6-8-17(18)14-21(26)24(27)25-19-10-4-3-5-11-19/h6-9,12-13,15,19,21H,3-5,10-11,14,16H2,1-2H3,(H,25,27). The van der Waals surface area contributed by atoms with E-state index in [1.165, 1.54) is 37.1 Å². The molecule has 2 aromatic rings. The van der Waals surface area contributed by atoms with Crippen LogP contribution in [0.3, 0.4) is 0 Å². The molecule has 1 aliphatic carbocycles. The molecular weight excluding hydrogens is 428 g/mol. The molecule has 1 saturated carbocycles. The van der Waals surface area contributed by atoms with Crippen molar-refractivity contribution in [1.29, 1.82) is 0 Å². The van der Waals surface area contributed by atoms with Crippen LogP contribution in [0.5, 0.6) is 11.5 Å². The van der Waals surface area contributed by atoms with Crippen molar-refractivity contribution in [3.8, 4) is 11.5 Å². The molecule has 1 N–H and O–H groups in total. The number of fused-ring (bicyclic) bond motifs is 1. The van der Waals surface area contributed by atoms with Gasteiger partial charge in [-0.05, 0) is 42.5 Å². The Balaban J connectivity index is 1.68. The van der Waals surface area contributed by atoms with Crippen LogP contribution in [0, 0.1) is 0 Å². The maximum absolute atomic E-state index is 13.7. The Morgan fingerprint density at radius 3 is 2.34 bits per heavy atom. The highest BCUT2D eigenvalue weighted by atomic mass is 32.2. The average Bonchev–Trinajstić information content (AvgIpc) is 2.83. The molecule has 4 rings (SSSR count). The lowest BCUT2D eigenvalue weighted by molar-refractivity contribution is -0.126. The van der Waals surface area contributed by atoms with Gasteiger partial charge in [-0.1, -0.05) is 43.5 Å². The fourth-order valence-electron chi connectivity index (χ4n) is 4.63. The second-order valence-corrected chi connectivity index (χ2v) is 10.3. The van der Waals surface area contributed by atoms with Crippen molar-refractivity contribution in [1.82, 2.24) is 9.62 Å². The van der Waals surface area contributed by atoms with Crippen LogP contribution < -0.4 is 14.8 Å². The molecule has 1 heterocycles. The van der Waals surface area contributed by atoms with Crippen molar-refractivity contribution in [3.63, 3.8) is 0 Å². The summed E-state index contributed by atoms with van der Waals surface area (Å²) in [5, 5.41) is 3.12. The minimum absolute atomic E-state index is 0.0741. The summed E-state index contributed by atoms with van der Waals surface area (Å²) < 4.78 is 39.3. The van der Waals surface area contributed by atoms with Crippen LogP contribution in [0.4, 0.5) is 0 Å². The number of nitrogens with one attached hydrogen (secondary N) is 1. The number of sulfonamides is 1. The number of rotatable bonds is 6. The number of hydrogen-bond donors (Lipinski definition) is 1. The SMILES string of the molecule is COc1ccc(S(=O)(=O)N2Cc3ccccc3CC2C(=O)NC2CCCCC2)cc1OC. The minimum atomic E-state index is -3.96. The van der Waals surface area contributed by atoms with E-state index >= 15 is 0 Å². The first kappa shape index (κ1) is 22.6. The fourth-order valence-corrected chi connectivity index (χ4v) is 6.21. The topological polar surface area (TPSA) is 84.9 Å². The zero-order valence-electron chi connectivity index (χ0n) is 18.5. The summed E-state index contributed by atoms with van der Waals surface area (Å²) in [6.45, 7) is 0.148. The Bertz CT molecular complexity index is 1080. The van der Waals surface area contributed by atoms with Crippen LogP contribution in [-0.4, -0.2) is 44.9 Å². The van der Waals surface area contributed by atoms with Gasteiger partial charge >= 0.3 is 0 Å². The van der Waals surface area contributed by atoms with Gasteiger partial charge in [0.05, 0.1) is 19.1 Å². The fraction of sp³-hybridized carbons (Fsp3) is 0.458. The number of carbonyl (C=O) groups is 1. The molecule has 8 heteroatoms. The van der Waals surface area contributed by atoms with E-state index in [0.29, 0.717) is 17.9 Å². The molecule has 1 aliphatic heterocycles. The number of carbonyl (C=O) groups excluding carboxylic acids is 1. The zero-order valence-corrected chi connectivity index (χ0v) is 19.4. The number of methoxy groups -OCH3 is 2. The lowest BCUT2D eigenvalue weighted by Gasteiger charge is -2.36. The molecule has 1 fully saturated rings. The van der Waals surface area contributed by atoms with Crippen molar-refractivity contribution in [2.24, 2.45) is 0 Å². The smallest absolute Gasteiger partial charge is 0.244 e. The van der Waals surface area contributed by atoms with E-state index in [9.17, 15) is 13.2 Å². The van der Waals surface area contributed by atoms with E-state index in [2.05, 4.69) is 5.32 Å². The van der Waals surface area contributed by atoms with Crippen molar-refractivity contribution >= 4 is 15.9 Å². The molecule has 1 atom stereocenters. The molecule has 0 aromatic heterocycles. The molecule has 0 radical (unpaired) electrons. The normalized spacial score (nSPS) is 19.8. The van der Waals surface area contributed by atoms with Crippen LogP contribution >= 0.6 is 0 Å². The lowest BCUT2D eigenvalue weighted by Crippen LogP contribution is -2.54. The van der Waals surface area contributed by atoms with Crippen LogP contribution in [0.2, 0.25) is 0 Å². The second kappa shape index (κ2) is 9.50. The molecule has 32 heavy (non-hydrogen) atoms. The first-order valence-corrected chi connectivity index (χ1v) is 12.5. The Morgan fingerprint density at radius 2 is 1.66 bits per heavy atom. The third-order valence-electron chi connectivity index (χ3n) is 6.42. The molecule has 0 spiro atoms. The molecule has 7 nitrogen and oxygen atoms in total. The summed E-state index contributed by atoms with van der Waals surface area (Å²) >= 11 is 0. The predicted octanol–water partition coefficient (Wildman–Crippen LogP) is 3.27. The molecule has 0 bridgehead atoms. The molecule has 0 saturated heterocycles. The Labute approximate surface area is 189 Å². The number of amides is 1. The van der Waals surface area contributed by atoms with Crippen LogP contribution in [0.15, 0.2) is 47.4 Å². The highest BCUT2D eigenvalue weighted by Crippen LogP contribution is 2.34. The van der Waals surface area contributed by atoms with Gasteiger partial charge in [0.15, 0.2) is 11.5 Å². The summed E-state index contributed by atoms with van der Waals surface area (Å²) in [5.41, 5.74) is 1.92. The van der Waals surface area contributed by atoms with Gasteiger partial charge in [0.2, 0.25) is 15.9 Å². The van der Waals surface area contributed by atoms with Gasteiger partial charge in [0.1, 0.15) is 6.04 Å². The Kier molecular flexibility index (Phi) is 6.71.